The number of nitro groups is 1. The lowest BCUT2D eigenvalue weighted by Crippen LogP contribution is -2.36. The van der Waals surface area contributed by atoms with Gasteiger partial charge in [-0.1, -0.05) is 65.2 Å². The summed E-state index contributed by atoms with van der Waals surface area (Å²) in [7, 11) is 1.24. The van der Waals surface area contributed by atoms with Gasteiger partial charge in [-0.3, -0.25) is 14.9 Å². The molecule has 8 nitrogen and oxygen atoms in total. The van der Waals surface area contributed by atoms with Gasteiger partial charge >= 0.3 is 5.97 Å². The van der Waals surface area contributed by atoms with Crippen molar-refractivity contribution in [2.24, 2.45) is 0 Å². The number of hydrogen-bond donors (Lipinski definition) is 0. The molecule has 0 aromatic heterocycles. The number of carbonyl (C=O) groups is 2. The second-order valence-corrected chi connectivity index (χ2v) is 7.88. The van der Waals surface area contributed by atoms with Crippen molar-refractivity contribution in [3.63, 3.8) is 0 Å². The van der Waals surface area contributed by atoms with Gasteiger partial charge in [-0.05, 0) is 18.9 Å². The zero-order valence-electron chi connectivity index (χ0n) is 19.8. The van der Waals surface area contributed by atoms with Crippen molar-refractivity contribution in [1.29, 1.82) is 0 Å². The van der Waals surface area contributed by atoms with Gasteiger partial charge in [0.1, 0.15) is 6.61 Å². The van der Waals surface area contributed by atoms with Crippen molar-refractivity contribution in [1.82, 2.24) is 0 Å². The Morgan fingerprint density at radius 2 is 1.59 bits per heavy atom. The normalized spacial score (nSPS) is 10.7. The standard InChI is InChI=1S/C24H38N2O6/c1-4-6-8-9-10-11-12-13-16-25(23(27)19-32-17-7-5-2)22-18-20(26(29)30)14-15-21(22)24(28)31-3/h14-15,18H,4-13,16-17,19H2,1-3H3. The van der Waals surface area contributed by atoms with Crippen LogP contribution >= 0.6 is 0 Å². The minimum Gasteiger partial charge on any atom is -0.465 e. The molecule has 1 rings (SSSR count). The smallest absolute Gasteiger partial charge is 0.339 e. The second kappa shape index (κ2) is 16.2. The zero-order chi connectivity index (χ0) is 23.8. The summed E-state index contributed by atoms with van der Waals surface area (Å²) in [6.07, 6.45) is 10.6. The number of unbranched alkanes of at least 4 members (excludes halogenated alkanes) is 8. The van der Waals surface area contributed by atoms with E-state index in [9.17, 15) is 19.7 Å². The number of nitro benzene ring substituents is 1. The molecule has 0 N–H and O–H groups in total. The summed E-state index contributed by atoms with van der Waals surface area (Å²) in [6, 6.07) is 3.85. The molecule has 1 aromatic rings. The summed E-state index contributed by atoms with van der Waals surface area (Å²) in [4.78, 5) is 37.5. The largest absolute Gasteiger partial charge is 0.465 e. The van der Waals surface area contributed by atoms with Gasteiger partial charge in [-0.25, -0.2) is 4.79 Å². The third-order valence-corrected chi connectivity index (χ3v) is 5.29. The number of methoxy groups -OCH3 is 1. The first-order valence-electron chi connectivity index (χ1n) is 11.7. The van der Waals surface area contributed by atoms with E-state index in [2.05, 4.69) is 6.92 Å². The van der Waals surface area contributed by atoms with E-state index < -0.39 is 10.9 Å². The van der Waals surface area contributed by atoms with Crippen LogP contribution in [0.4, 0.5) is 11.4 Å². The van der Waals surface area contributed by atoms with Crippen LogP contribution in [0, 0.1) is 10.1 Å². The van der Waals surface area contributed by atoms with E-state index in [-0.39, 0.29) is 29.5 Å². The van der Waals surface area contributed by atoms with Crippen molar-refractivity contribution in [2.75, 3.05) is 31.8 Å². The molecule has 0 atom stereocenters. The predicted octanol–water partition coefficient (Wildman–Crippen LogP) is 5.67. The van der Waals surface area contributed by atoms with Crippen molar-refractivity contribution >= 4 is 23.3 Å². The Kier molecular flexibility index (Phi) is 13.9. The van der Waals surface area contributed by atoms with Crippen LogP contribution in [0.1, 0.15) is 88.4 Å². The van der Waals surface area contributed by atoms with E-state index in [1.807, 2.05) is 6.92 Å². The van der Waals surface area contributed by atoms with Crippen LogP contribution in [0.25, 0.3) is 0 Å². The fourth-order valence-corrected chi connectivity index (χ4v) is 3.41. The number of nitrogens with zero attached hydrogens (tertiary/aromatic N) is 2. The van der Waals surface area contributed by atoms with Crippen molar-refractivity contribution in [2.45, 2.75) is 78.1 Å². The quantitative estimate of drug-likeness (QED) is 0.131. The van der Waals surface area contributed by atoms with Gasteiger partial charge in [0.25, 0.3) is 11.6 Å². The lowest BCUT2D eigenvalue weighted by Gasteiger charge is -2.24. The number of ether oxygens (including phenoxy) is 2. The van der Waals surface area contributed by atoms with Crippen molar-refractivity contribution in [3.05, 3.63) is 33.9 Å². The van der Waals surface area contributed by atoms with Crippen LogP contribution in [0.3, 0.4) is 0 Å². The Hall–Kier alpha value is -2.48. The summed E-state index contributed by atoms with van der Waals surface area (Å²) in [5.41, 5.74) is 0.130. The Labute approximate surface area is 191 Å². The Morgan fingerprint density at radius 1 is 0.969 bits per heavy atom. The SMILES string of the molecule is CCCCCCCCCCN(C(=O)COCCCC)c1cc([N+](=O)[O-])ccc1C(=O)OC. The third kappa shape index (κ3) is 9.77. The molecule has 0 aliphatic rings. The first kappa shape index (κ1) is 27.6. The number of anilines is 1. The van der Waals surface area contributed by atoms with E-state index in [1.54, 1.807) is 0 Å². The average Bonchev–Trinajstić information content (AvgIpc) is 2.79. The van der Waals surface area contributed by atoms with E-state index >= 15 is 0 Å². The topological polar surface area (TPSA) is 99.0 Å². The summed E-state index contributed by atoms with van der Waals surface area (Å²) >= 11 is 0. The molecule has 0 aliphatic heterocycles. The molecular weight excluding hydrogens is 412 g/mol. The number of benzene rings is 1. The average molecular weight is 451 g/mol. The number of non-ortho nitro benzene ring substituents is 1. The minimum atomic E-state index is -0.643. The lowest BCUT2D eigenvalue weighted by atomic mass is 10.1. The van der Waals surface area contributed by atoms with E-state index in [0.29, 0.717) is 13.2 Å². The highest BCUT2D eigenvalue weighted by atomic mass is 16.6. The van der Waals surface area contributed by atoms with Gasteiger partial charge in [0.2, 0.25) is 0 Å². The van der Waals surface area contributed by atoms with E-state index in [1.165, 1.54) is 55.9 Å². The van der Waals surface area contributed by atoms with Crippen LogP contribution < -0.4 is 4.90 Å². The van der Waals surface area contributed by atoms with Gasteiger partial charge in [0.05, 0.1) is 23.3 Å². The lowest BCUT2D eigenvalue weighted by molar-refractivity contribution is -0.384. The van der Waals surface area contributed by atoms with Crippen LogP contribution in [0.5, 0.6) is 0 Å². The van der Waals surface area contributed by atoms with Crippen LogP contribution in [-0.4, -0.2) is 43.7 Å². The summed E-state index contributed by atoms with van der Waals surface area (Å²) in [6.45, 7) is 4.91. The maximum absolute atomic E-state index is 13.0. The molecule has 32 heavy (non-hydrogen) atoms. The van der Waals surface area contributed by atoms with E-state index in [0.717, 1.165) is 38.5 Å². The molecule has 0 saturated heterocycles. The van der Waals surface area contributed by atoms with Gasteiger partial charge in [0.15, 0.2) is 0 Å². The fourth-order valence-electron chi connectivity index (χ4n) is 3.41. The zero-order valence-corrected chi connectivity index (χ0v) is 19.8. The van der Waals surface area contributed by atoms with Crippen molar-refractivity contribution < 1.29 is 24.0 Å². The summed E-state index contributed by atoms with van der Waals surface area (Å²) in [5, 5.41) is 11.3. The Bertz CT molecular complexity index is 722. The molecule has 0 saturated carbocycles. The van der Waals surface area contributed by atoms with Gasteiger partial charge < -0.3 is 14.4 Å². The van der Waals surface area contributed by atoms with Gasteiger partial charge in [-0.2, -0.15) is 0 Å². The molecule has 0 aliphatic carbocycles. The highest BCUT2D eigenvalue weighted by molar-refractivity contribution is 6.03. The molecular formula is C24H38N2O6. The fraction of sp³-hybridized carbons (Fsp3) is 0.667. The van der Waals surface area contributed by atoms with Crippen LogP contribution in [-0.2, 0) is 14.3 Å². The number of amides is 1. The summed E-state index contributed by atoms with van der Waals surface area (Å²) in [5.74, 6) is -0.967. The molecule has 0 heterocycles. The van der Waals surface area contributed by atoms with Gasteiger partial charge in [-0.15, -0.1) is 0 Å². The molecule has 0 bridgehead atoms. The number of esters is 1. The minimum absolute atomic E-state index is 0.125. The molecule has 8 heteroatoms. The Morgan fingerprint density at radius 3 is 2.19 bits per heavy atom. The maximum Gasteiger partial charge on any atom is 0.339 e. The third-order valence-electron chi connectivity index (χ3n) is 5.29. The molecule has 0 radical (unpaired) electrons. The number of rotatable bonds is 17. The summed E-state index contributed by atoms with van der Waals surface area (Å²) < 4.78 is 10.3. The predicted molar refractivity (Wildman–Crippen MR) is 125 cm³/mol. The van der Waals surface area contributed by atoms with Gasteiger partial charge in [0, 0.05) is 25.3 Å². The molecule has 0 spiro atoms. The monoisotopic (exact) mass is 450 g/mol. The molecule has 180 valence electrons. The number of hydrogen-bond acceptors (Lipinski definition) is 6. The molecule has 0 unspecified atom stereocenters. The highest BCUT2D eigenvalue weighted by Crippen LogP contribution is 2.28. The maximum atomic E-state index is 13.0. The van der Waals surface area contributed by atoms with Crippen LogP contribution in [0.2, 0.25) is 0 Å². The molecule has 1 amide bonds. The first-order valence-corrected chi connectivity index (χ1v) is 11.7. The Balaban J connectivity index is 2.96. The number of carbonyl (C=O) groups excluding carboxylic acids is 2. The van der Waals surface area contributed by atoms with Crippen molar-refractivity contribution in [3.8, 4) is 0 Å². The first-order chi connectivity index (χ1) is 15.5. The molecule has 1 aromatic carbocycles. The second-order valence-electron chi connectivity index (χ2n) is 7.88. The van der Waals surface area contributed by atoms with E-state index in [4.69, 9.17) is 9.47 Å². The molecule has 0 fully saturated rings. The highest BCUT2D eigenvalue weighted by Gasteiger charge is 2.25. The van der Waals surface area contributed by atoms with Crippen LogP contribution in [0.15, 0.2) is 18.2 Å².